The Labute approximate surface area is 82.3 Å². The zero-order chi connectivity index (χ0) is 10.4. The van der Waals surface area contributed by atoms with Crippen LogP contribution in [-0.4, -0.2) is 34.8 Å². The van der Waals surface area contributed by atoms with Crippen LogP contribution in [0.15, 0.2) is 12.3 Å². The molecule has 1 N–H and O–H groups in total. The molecule has 6 heteroatoms. The lowest BCUT2D eigenvalue weighted by Gasteiger charge is -2.20. The maximum absolute atomic E-state index is 11.3. The van der Waals surface area contributed by atoms with Crippen LogP contribution >= 0.6 is 0 Å². The zero-order valence-corrected chi connectivity index (χ0v) is 8.66. The van der Waals surface area contributed by atoms with Gasteiger partial charge in [-0.1, -0.05) is 0 Å². The van der Waals surface area contributed by atoms with Crippen molar-refractivity contribution in [1.82, 2.24) is 9.78 Å². The van der Waals surface area contributed by atoms with Gasteiger partial charge in [0.15, 0.2) is 9.84 Å². The highest BCUT2D eigenvalue weighted by Crippen LogP contribution is 2.32. The molecule has 1 aromatic rings. The molecule has 0 spiro atoms. The average molecular weight is 216 g/mol. The van der Waals surface area contributed by atoms with Crippen molar-refractivity contribution in [2.24, 2.45) is 7.05 Å². The summed E-state index contributed by atoms with van der Waals surface area (Å²) < 4.78 is 24.0. The number of nitrogens with zero attached hydrogens (tertiary/aromatic N) is 2. The van der Waals surface area contributed by atoms with Crippen molar-refractivity contribution < 1.29 is 13.5 Å². The Hall–Kier alpha value is -0.880. The molecule has 0 radical (unpaired) electrons. The summed E-state index contributed by atoms with van der Waals surface area (Å²) >= 11 is 0. The van der Waals surface area contributed by atoms with Crippen LogP contribution < -0.4 is 0 Å². The topological polar surface area (TPSA) is 72.2 Å². The summed E-state index contributed by atoms with van der Waals surface area (Å²) in [6.45, 7) is 0. The van der Waals surface area contributed by atoms with Crippen LogP contribution in [0.25, 0.3) is 0 Å². The van der Waals surface area contributed by atoms with E-state index in [0.29, 0.717) is 5.69 Å². The largest absolute Gasteiger partial charge is 0.382 e. The lowest BCUT2D eigenvalue weighted by atomic mass is 9.99. The molecule has 1 fully saturated rings. The van der Waals surface area contributed by atoms with Gasteiger partial charge in [0, 0.05) is 13.2 Å². The highest BCUT2D eigenvalue weighted by molar-refractivity contribution is 7.91. The van der Waals surface area contributed by atoms with Crippen LogP contribution in [0, 0.1) is 0 Å². The minimum atomic E-state index is -3.09. The summed E-state index contributed by atoms with van der Waals surface area (Å²) in [5.74, 6) is -0.145. The van der Waals surface area contributed by atoms with Gasteiger partial charge in [-0.15, -0.1) is 0 Å². The highest BCUT2D eigenvalue weighted by Gasteiger charge is 2.43. The lowest BCUT2D eigenvalue weighted by molar-refractivity contribution is 0.0565. The first-order valence-corrected chi connectivity index (χ1v) is 6.16. The van der Waals surface area contributed by atoms with Gasteiger partial charge in [-0.2, -0.15) is 5.10 Å². The number of aryl methyl sites for hydroxylation is 1. The van der Waals surface area contributed by atoms with Gasteiger partial charge in [-0.3, -0.25) is 4.68 Å². The van der Waals surface area contributed by atoms with E-state index in [2.05, 4.69) is 5.10 Å². The minimum Gasteiger partial charge on any atom is -0.382 e. The number of hydrogen-bond acceptors (Lipinski definition) is 4. The molecular weight excluding hydrogens is 204 g/mol. The smallest absolute Gasteiger partial charge is 0.153 e. The van der Waals surface area contributed by atoms with Gasteiger partial charge in [0.05, 0.1) is 17.2 Å². The molecule has 2 heterocycles. The summed E-state index contributed by atoms with van der Waals surface area (Å²) in [5, 5.41) is 14.0. The molecule has 0 amide bonds. The van der Waals surface area contributed by atoms with Crippen LogP contribution in [0.3, 0.4) is 0 Å². The zero-order valence-electron chi connectivity index (χ0n) is 7.84. The summed E-state index contributed by atoms with van der Waals surface area (Å²) in [4.78, 5) is 0. The summed E-state index contributed by atoms with van der Waals surface area (Å²) in [5.41, 5.74) is -0.678. The normalized spacial score (nSPS) is 30.7. The first kappa shape index (κ1) is 9.67. The van der Waals surface area contributed by atoms with E-state index in [1.54, 1.807) is 19.3 Å². The second-order valence-corrected chi connectivity index (χ2v) is 5.90. The van der Waals surface area contributed by atoms with Gasteiger partial charge >= 0.3 is 0 Å². The molecular formula is C8H12N2O3S. The highest BCUT2D eigenvalue weighted by atomic mass is 32.2. The predicted molar refractivity (Wildman–Crippen MR) is 50.4 cm³/mol. The fourth-order valence-electron chi connectivity index (χ4n) is 1.86. The molecule has 1 saturated heterocycles. The number of sulfone groups is 1. The minimum absolute atomic E-state index is 0.0503. The molecule has 2 rings (SSSR count). The molecule has 78 valence electrons. The molecule has 0 saturated carbocycles. The molecule has 0 aromatic carbocycles. The first-order valence-electron chi connectivity index (χ1n) is 4.34. The number of aliphatic hydroxyl groups is 1. The van der Waals surface area contributed by atoms with E-state index < -0.39 is 15.4 Å². The van der Waals surface area contributed by atoms with Crippen LogP contribution in [0.1, 0.15) is 12.1 Å². The van der Waals surface area contributed by atoms with Crippen LogP contribution in [0.4, 0.5) is 0 Å². The van der Waals surface area contributed by atoms with Crippen LogP contribution in [0.5, 0.6) is 0 Å². The summed E-state index contributed by atoms with van der Waals surface area (Å²) in [6.07, 6.45) is 1.81. The Morgan fingerprint density at radius 3 is 2.79 bits per heavy atom. The van der Waals surface area contributed by atoms with Gasteiger partial charge in [-0.05, 0) is 12.5 Å². The van der Waals surface area contributed by atoms with Crippen molar-refractivity contribution in [1.29, 1.82) is 0 Å². The van der Waals surface area contributed by atoms with Crippen molar-refractivity contribution in [3.05, 3.63) is 18.0 Å². The van der Waals surface area contributed by atoms with Crippen LogP contribution in [-0.2, 0) is 22.5 Å². The van der Waals surface area contributed by atoms with E-state index in [1.165, 1.54) is 4.68 Å². The van der Waals surface area contributed by atoms with Crippen molar-refractivity contribution in [2.45, 2.75) is 12.0 Å². The summed E-state index contributed by atoms with van der Waals surface area (Å²) in [6, 6.07) is 1.65. The maximum Gasteiger partial charge on any atom is 0.153 e. The number of rotatable bonds is 1. The molecule has 14 heavy (non-hydrogen) atoms. The van der Waals surface area contributed by atoms with Crippen LogP contribution in [0.2, 0.25) is 0 Å². The van der Waals surface area contributed by atoms with Crippen molar-refractivity contribution >= 4 is 9.84 Å². The SMILES string of the molecule is Cn1nccc1C1(O)CCS(=O)(=O)C1. The van der Waals surface area contributed by atoms with E-state index >= 15 is 0 Å². The van der Waals surface area contributed by atoms with E-state index in [0.717, 1.165) is 0 Å². The van der Waals surface area contributed by atoms with E-state index in [4.69, 9.17) is 0 Å². The van der Waals surface area contributed by atoms with Crippen molar-refractivity contribution in [3.63, 3.8) is 0 Å². The third-order valence-electron chi connectivity index (χ3n) is 2.58. The fourth-order valence-corrected chi connectivity index (χ4v) is 3.68. The fraction of sp³-hybridized carbons (Fsp3) is 0.625. The number of hydrogen-bond donors (Lipinski definition) is 1. The Balaban J connectivity index is 2.41. The van der Waals surface area contributed by atoms with E-state index in [-0.39, 0.29) is 17.9 Å². The van der Waals surface area contributed by atoms with Gasteiger partial charge in [0.2, 0.25) is 0 Å². The maximum atomic E-state index is 11.3. The molecule has 1 aliphatic rings. The molecule has 5 nitrogen and oxygen atoms in total. The van der Waals surface area contributed by atoms with Gasteiger partial charge in [0.25, 0.3) is 0 Å². The Bertz CT molecular complexity index is 451. The predicted octanol–water partition coefficient (Wildman–Crippen LogP) is -0.574. The molecule has 1 aliphatic heterocycles. The third-order valence-corrected chi connectivity index (χ3v) is 4.33. The second kappa shape index (κ2) is 2.80. The molecule has 1 aromatic heterocycles. The lowest BCUT2D eigenvalue weighted by Crippen LogP contribution is -2.29. The molecule has 1 atom stereocenters. The van der Waals surface area contributed by atoms with Gasteiger partial charge < -0.3 is 5.11 Å². The number of aromatic nitrogens is 2. The quantitative estimate of drug-likeness (QED) is 0.682. The standard InChI is InChI=1S/C8H12N2O3S/c1-10-7(2-4-9-10)8(11)3-5-14(12,13)6-8/h2,4,11H,3,5-6H2,1H3. The monoisotopic (exact) mass is 216 g/mol. The van der Waals surface area contributed by atoms with E-state index in [9.17, 15) is 13.5 Å². The van der Waals surface area contributed by atoms with Crippen molar-refractivity contribution in [3.8, 4) is 0 Å². The Kier molecular flexibility index (Phi) is 1.94. The van der Waals surface area contributed by atoms with Crippen molar-refractivity contribution in [2.75, 3.05) is 11.5 Å². The Morgan fingerprint density at radius 2 is 2.36 bits per heavy atom. The summed E-state index contributed by atoms with van der Waals surface area (Å²) in [7, 11) is -1.40. The van der Waals surface area contributed by atoms with E-state index in [1.807, 2.05) is 0 Å². The average Bonchev–Trinajstić information content (AvgIpc) is 2.57. The first-order chi connectivity index (χ1) is 6.43. The molecule has 1 unspecified atom stereocenters. The third kappa shape index (κ3) is 1.44. The van der Waals surface area contributed by atoms with Gasteiger partial charge in [-0.25, -0.2) is 8.42 Å². The molecule has 0 bridgehead atoms. The second-order valence-electron chi connectivity index (χ2n) is 3.71. The molecule has 0 aliphatic carbocycles. The Morgan fingerprint density at radius 1 is 1.64 bits per heavy atom. The van der Waals surface area contributed by atoms with Gasteiger partial charge in [0.1, 0.15) is 5.60 Å².